The van der Waals surface area contributed by atoms with Crippen molar-refractivity contribution < 1.29 is 4.79 Å². The summed E-state index contributed by atoms with van der Waals surface area (Å²) in [6.07, 6.45) is 3.50. The molecular weight excluding hydrogens is 358 g/mol. The third kappa shape index (κ3) is 5.44. The molecule has 2 aromatic carbocycles. The van der Waals surface area contributed by atoms with E-state index in [2.05, 4.69) is 41.1 Å². The number of hydrogen-bond acceptors (Lipinski definition) is 3. The van der Waals surface area contributed by atoms with Crippen molar-refractivity contribution in [2.45, 2.75) is 39.9 Å². The zero-order valence-corrected chi connectivity index (χ0v) is 17.5. The Bertz CT molecular complexity index is 910. The molecule has 150 valence electrons. The van der Waals surface area contributed by atoms with Gasteiger partial charge >= 0.3 is 0 Å². The van der Waals surface area contributed by atoms with Gasteiger partial charge in [-0.05, 0) is 38.0 Å². The van der Waals surface area contributed by atoms with E-state index in [1.807, 2.05) is 67.4 Å². The minimum Gasteiger partial charge on any atom is -0.366 e. The van der Waals surface area contributed by atoms with Crippen LogP contribution in [0.15, 0.2) is 79.1 Å². The minimum atomic E-state index is 0.00830. The molecule has 1 aromatic heterocycles. The predicted molar refractivity (Wildman–Crippen MR) is 119 cm³/mol. The Morgan fingerprint density at radius 3 is 2.03 bits per heavy atom. The lowest BCUT2D eigenvalue weighted by Crippen LogP contribution is -2.36. The highest BCUT2D eigenvalue weighted by Gasteiger charge is 2.20. The molecule has 0 spiro atoms. The summed E-state index contributed by atoms with van der Waals surface area (Å²) in [4.78, 5) is 21.8. The van der Waals surface area contributed by atoms with Gasteiger partial charge in [0.2, 0.25) is 0 Å². The van der Waals surface area contributed by atoms with E-state index in [-0.39, 0.29) is 11.9 Å². The molecule has 29 heavy (non-hydrogen) atoms. The van der Waals surface area contributed by atoms with Crippen molar-refractivity contribution >= 4 is 11.6 Å². The molecule has 0 radical (unpaired) electrons. The molecule has 4 heteroatoms. The molecule has 0 aliphatic heterocycles. The smallest absolute Gasteiger partial charge is 0.256 e. The lowest BCUT2D eigenvalue weighted by atomic mass is 10.1. The second-order valence-corrected chi connectivity index (χ2v) is 7.44. The molecule has 0 unspecified atom stereocenters. The molecule has 0 atom stereocenters. The fourth-order valence-electron chi connectivity index (χ4n) is 3.34. The van der Waals surface area contributed by atoms with E-state index in [0.717, 1.165) is 24.3 Å². The molecule has 0 aliphatic rings. The van der Waals surface area contributed by atoms with Crippen molar-refractivity contribution in [1.29, 1.82) is 0 Å². The summed E-state index contributed by atoms with van der Waals surface area (Å²) in [6, 6.07) is 22.5. The predicted octanol–water partition coefficient (Wildman–Crippen LogP) is 5.16. The van der Waals surface area contributed by atoms with Gasteiger partial charge < -0.3 is 9.80 Å². The number of carbonyl (C=O) groups is 1. The number of aromatic nitrogens is 1. The largest absolute Gasteiger partial charge is 0.366 e. The first-order valence-corrected chi connectivity index (χ1v) is 10.2. The number of benzene rings is 2. The molecule has 1 amide bonds. The number of carbonyl (C=O) groups excluding carboxylic acids is 1. The summed E-state index contributed by atoms with van der Waals surface area (Å²) in [5.74, 6) is 0.00830. The van der Waals surface area contributed by atoms with Crippen LogP contribution in [0.1, 0.15) is 42.3 Å². The van der Waals surface area contributed by atoms with Crippen molar-refractivity contribution in [3.8, 4) is 0 Å². The van der Waals surface area contributed by atoms with E-state index >= 15 is 0 Å². The Hall–Kier alpha value is -3.14. The normalized spacial score (nSPS) is 10.8. The van der Waals surface area contributed by atoms with Crippen molar-refractivity contribution in [3.05, 3.63) is 95.8 Å². The van der Waals surface area contributed by atoms with Crippen molar-refractivity contribution in [2.24, 2.45) is 0 Å². The molecule has 3 rings (SSSR count). The Kier molecular flexibility index (Phi) is 7.01. The highest BCUT2D eigenvalue weighted by Crippen LogP contribution is 2.20. The number of pyridine rings is 1. The third-order valence-electron chi connectivity index (χ3n) is 5.01. The zero-order chi connectivity index (χ0) is 20.6. The van der Waals surface area contributed by atoms with Crippen molar-refractivity contribution in [3.63, 3.8) is 0 Å². The van der Waals surface area contributed by atoms with E-state index in [0.29, 0.717) is 12.1 Å². The van der Waals surface area contributed by atoms with Crippen LogP contribution >= 0.6 is 0 Å². The number of amides is 1. The van der Waals surface area contributed by atoms with Crippen LogP contribution in [0.5, 0.6) is 0 Å². The molecular formula is C25H29N3O. The average Bonchev–Trinajstić information content (AvgIpc) is 2.76. The Morgan fingerprint density at radius 2 is 1.48 bits per heavy atom. The maximum atomic E-state index is 13.3. The molecule has 0 saturated heterocycles. The lowest BCUT2D eigenvalue weighted by Gasteiger charge is -2.28. The summed E-state index contributed by atoms with van der Waals surface area (Å²) in [7, 11) is 0. The second kappa shape index (κ2) is 9.87. The highest BCUT2D eigenvalue weighted by atomic mass is 16.2. The molecule has 0 saturated carbocycles. The van der Waals surface area contributed by atoms with Crippen molar-refractivity contribution in [1.82, 2.24) is 9.88 Å². The van der Waals surface area contributed by atoms with E-state index in [1.165, 1.54) is 5.56 Å². The van der Waals surface area contributed by atoms with Gasteiger partial charge in [-0.2, -0.15) is 0 Å². The van der Waals surface area contributed by atoms with Crippen LogP contribution in [0.2, 0.25) is 0 Å². The second-order valence-electron chi connectivity index (χ2n) is 7.44. The van der Waals surface area contributed by atoms with Gasteiger partial charge in [0.05, 0.1) is 17.4 Å². The van der Waals surface area contributed by atoms with Gasteiger partial charge in [-0.1, -0.05) is 60.7 Å². The van der Waals surface area contributed by atoms with Gasteiger partial charge in [0, 0.05) is 31.9 Å². The molecule has 0 aliphatic carbocycles. The number of rotatable bonds is 8. The Morgan fingerprint density at radius 1 is 0.897 bits per heavy atom. The molecule has 4 nitrogen and oxygen atoms in total. The summed E-state index contributed by atoms with van der Waals surface area (Å²) >= 11 is 0. The SMILES string of the molecule is CCN(Cc1ccccc1)c1cncc(C(=O)N(Cc2ccccc2)C(C)C)c1. The first-order valence-electron chi connectivity index (χ1n) is 10.2. The molecule has 0 bridgehead atoms. The number of nitrogens with zero attached hydrogens (tertiary/aromatic N) is 3. The molecule has 0 fully saturated rings. The zero-order valence-electron chi connectivity index (χ0n) is 17.5. The molecule has 3 aromatic rings. The van der Waals surface area contributed by atoms with Gasteiger partial charge in [-0.15, -0.1) is 0 Å². The standard InChI is InChI=1S/C25H29N3O/c1-4-27(18-21-11-7-5-8-12-21)24-15-23(16-26-17-24)25(29)28(20(2)3)19-22-13-9-6-10-14-22/h5-17,20H,4,18-19H2,1-3H3. The van der Waals surface area contributed by atoms with Crippen LogP contribution in [-0.2, 0) is 13.1 Å². The van der Waals surface area contributed by atoms with Gasteiger partial charge in [0.15, 0.2) is 0 Å². The summed E-state index contributed by atoms with van der Waals surface area (Å²) in [5, 5.41) is 0. The van der Waals surface area contributed by atoms with E-state index in [9.17, 15) is 4.79 Å². The van der Waals surface area contributed by atoms with Gasteiger partial charge in [-0.25, -0.2) is 0 Å². The number of anilines is 1. The topological polar surface area (TPSA) is 36.4 Å². The van der Waals surface area contributed by atoms with Crippen LogP contribution in [0, 0.1) is 0 Å². The lowest BCUT2D eigenvalue weighted by molar-refractivity contribution is 0.0690. The van der Waals surface area contributed by atoms with Crippen molar-refractivity contribution in [2.75, 3.05) is 11.4 Å². The summed E-state index contributed by atoms with van der Waals surface area (Å²) in [6.45, 7) is 8.43. The van der Waals surface area contributed by atoms with Gasteiger partial charge in [-0.3, -0.25) is 9.78 Å². The van der Waals surface area contributed by atoms with Gasteiger partial charge in [0.1, 0.15) is 0 Å². The van der Waals surface area contributed by atoms with Crippen LogP contribution in [0.3, 0.4) is 0 Å². The summed E-state index contributed by atoms with van der Waals surface area (Å²) in [5.41, 5.74) is 3.95. The first kappa shape index (κ1) is 20.6. The van der Waals surface area contributed by atoms with Crippen LogP contribution in [0.4, 0.5) is 5.69 Å². The monoisotopic (exact) mass is 387 g/mol. The van der Waals surface area contributed by atoms with E-state index in [1.54, 1.807) is 6.20 Å². The quantitative estimate of drug-likeness (QED) is 0.536. The van der Waals surface area contributed by atoms with Crippen LogP contribution < -0.4 is 4.90 Å². The Labute approximate surface area is 173 Å². The maximum Gasteiger partial charge on any atom is 0.256 e. The first-order chi connectivity index (χ1) is 14.1. The van der Waals surface area contributed by atoms with E-state index < -0.39 is 0 Å². The Balaban J connectivity index is 1.81. The van der Waals surface area contributed by atoms with E-state index in [4.69, 9.17) is 0 Å². The fraction of sp³-hybridized carbons (Fsp3) is 0.280. The fourth-order valence-corrected chi connectivity index (χ4v) is 3.34. The average molecular weight is 388 g/mol. The third-order valence-corrected chi connectivity index (χ3v) is 5.01. The number of hydrogen-bond donors (Lipinski definition) is 0. The highest BCUT2D eigenvalue weighted by molar-refractivity contribution is 5.95. The van der Waals surface area contributed by atoms with Crippen LogP contribution in [-0.4, -0.2) is 28.4 Å². The summed E-state index contributed by atoms with van der Waals surface area (Å²) < 4.78 is 0. The van der Waals surface area contributed by atoms with Gasteiger partial charge in [0.25, 0.3) is 5.91 Å². The molecule has 0 N–H and O–H groups in total. The molecule has 1 heterocycles. The van der Waals surface area contributed by atoms with Crippen LogP contribution in [0.25, 0.3) is 0 Å². The maximum absolute atomic E-state index is 13.3. The minimum absolute atomic E-state index is 0.00830.